The van der Waals surface area contributed by atoms with Gasteiger partial charge in [0.05, 0.1) is 15.4 Å². The Bertz CT molecular complexity index is 986. The highest BCUT2D eigenvalue weighted by Crippen LogP contribution is 2.40. The highest BCUT2D eigenvalue weighted by molar-refractivity contribution is 8.00. The average molecular weight is 426 g/mol. The van der Waals surface area contributed by atoms with Gasteiger partial charge in [0, 0.05) is 14.1 Å². The van der Waals surface area contributed by atoms with Crippen LogP contribution in [0.3, 0.4) is 0 Å². The van der Waals surface area contributed by atoms with E-state index in [0.717, 1.165) is 31.9 Å². The van der Waals surface area contributed by atoms with Gasteiger partial charge in [0.2, 0.25) is 5.91 Å². The predicted octanol–water partition coefficient (Wildman–Crippen LogP) is 5.79. The number of carbonyl (C=O) groups excluding carboxylic acids is 1. The van der Waals surface area contributed by atoms with Crippen LogP contribution in [0.5, 0.6) is 0 Å². The molecule has 3 aromatic heterocycles. The van der Waals surface area contributed by atoms with Crippen LogP contribution in [0.25, 0.3) is 21.1 Å². The van der Waals surface area contributed by atoms with Crippen LogP contribution < -0.4 is 0 Å². The highest BCUT2D eigenvalue weighted by atomic mass is 32.2. The largest absolute Gasteiger partial charge is 0.348 e. The maximum atomic E-state index is 12.9. The van der Waals surface area contributed by atoms with E-state index in [9.17, 15) is 4.79 Å². The summed E-state index contributed by atoms with van der Waals surface area (Å²) in [6, 6.07) is 18.1. The molecule has 0 saturated heterocycles. The van der Waals surface area contributed by atoms with Crippen LogP contribution >= 0.6 is 34.4 Å². The van der Waals surface area contributed by atoms with Crippen molar-refractivity contribution in [3.05, 3.63) is 70.9 Å². The third-order valence-electron chi connectivity index (χ3n) is 4.20. The summed E-state index contributed by atoms with van der Waals surface area (Å²) in [6.07, 6.45) is 0. The molecule has 0 radical (unpaired) electrons. The number of thioether (sulfide) groups is 1. The number of amides is 1. The fraction of sp³-hybridized carbons (Fsp3) is 0.143. The van der Waals surface area contributed by atoms with Crippen molar-refractivity contribution in [2.75, 3.05) is 14.1 Å². The molecular formula is C21H19N3OS3. The zero-order chi connectivity index (χ0) is 19.5. The minimum atomic E-state index is -0.352. The van der Waals surface area contributed by atoms with Gasteiger partial charge in [0.25, 0.3) is 0 Å². The molecule has 0 aliphatic rings. The minimum Gasteiger partial charge on any atom is -0.348 e. The van der Waals surface area contributed by atoms with E-state index in [0.29, 0.717) is 0 Å². The molecule has 1 N–H and O–H groups in total. The molecule has 28 heavy (non-hydrogen) atoms. The molecule has 0 bridgehead atoms. The van der Waals surface area contributed by atoms with Crippen molar-refractivity contribution in [3.8, 4) is 21.1 Å². The second-order valence-corrected chi connectivity index (χ2v) is 9.35. The molecule has 0 aliphatic carbocycles. The number of aromatic amines is 1. The molecule has 4 nitrogen and oxygen atoms in total. The van der Waals surface area contributed by atoms with Crippen LogP contribution in [-0.2, 0) is 4.79 Å². The highest BCUT2D eigenvalue weighted by Gasteiger charge is 2.26. The van der Waals surface area contributed by atoms with E-state index in [-0.39, 0.29) is 11.2 Å². The number of hydrogen-bond acceptors (Lipinski definition) is 5. The first-order valence-electron chi connectivity index (χ1n) is 8.74. The Balaban J connectivity index is 1.74. The predicted molar refractivity (Wildman–Crippen MR) is 119 cm³/mol. The van der Waals surface area contributed by atoms with Crippen molar-refractivity contribution in [2.45, 2.75) is 10.4 Å². The normalized spacial score (nSPS) is 12.1. The Morgan fingerprint density at radius 3 is 2.29 bits per heavy atom. The number of carbonyl (C=O) groups is 1. The molecule has 1 aromatic carbocycles. The Labute approximate surface area is 176 Å². The topological polar surface area (TPSA) is 49.0 Å². The first-order chi connectivity index (χ1) is 13.6. The molecule has 1 atom stereocenters. The maximum absolute atomic E-state index is 12.9. The Kier molecular flexibility index (Phi) is 5.66. The number of nitrogens with one attached hydrogen (secondary N) is 1. The zero-order valence-corrected chi connectivity index (χ0v) is 17.9. The summed E-state index contributed by atoms with van der Waals surface area (Å²) in [5.74, 6) is 0.0444. The summed E-state index contributed by atoms with van der Waals surface area (Å²) in [5, 5.41) is 4.51. The monoisotopic (exact) mass is 425 g/mol. The number of likely N-dealkylation sites (N-methyl/N-ethyl adjacent to an activating group) is 1. The van der Waals surface area contributed by atoms with E-state index in [1.807, 2.05) is 42.5 Å². The summed E-state index contributed by atoms with van der Waals surface area (Å²) >= 11 is 4.80. The fourth-order valence-corrected chi connectivity index (χ4v) is 5.41. The van der Waals surface area contributed by atoms with Crippen LogP contribution in [0.15, 0.2) is 70.5 Å². The molecule has 0 unspecified atom stereocenters. The first-order valence-corrected chi connectivity index (χ1v) is 11.4. The zero-order valence-electron chi connectivity index (χ0n) is 15.5. The Morgan fingerprint density at radius 2 is 1.68 bits per heavy atom. The number of H-pyrrole nitrogens is 1. The number of aromatic nitrogens is 2. The molecule has 4 aromatic rings. The van der Waals surface area contributed by atoms with Gasteiger partial charge in [0.1, 0.15) is 10.9 Å². The summed E-state index contributed by atoms with van der Waals surface area (Å²) < 4.78 is 0. The van der Waals surface area contributed by atoms with E-state index < -0.39 is 0 Å². The van der Waals surface area contributed by atoms with Gasteiger partial charge in [-0.15, -0.1) is 22.7 Å². The standard InChI is InChI=1S/C21H19N3OS3/c1-24(2)20(25)19(14-8-4-3-5-9-14)28-21-22-17(15-10-6-12-26-15)18(23-21)16-11-7-13-27-16/h3-13,19H,1-2H3,(H,22,23)/t19-/m1/s1. The van der Waals surface area contributed by atoms with E-state index in [1.165, 1.54) is 11.8 Å². The third kappa shape index (κ3) is 3.92. The summed E-state index contributed by atoms with van der Waals surface area (Å²) in [4.78, 5) is 25.1. The lowest BCUT2D eigenvalue weighted by atomic mass is 10.1. The van der Waals surface area contributed by atoms with Gasteiger partial charge in [-0.2, -0.15) is 0 Å². The molecule has 0 fully saturated rings. The van der Waals surface area contributed by atoms with Crippen LogP contribution in [0.4, 0.5) is 0 Å². The van der Waals surface area contributed by atoms with Gasteiger partial charge in [0.15, 0.2) is 5.16 Å². The van der Waals surface area contributed by atoms with E-state index in [4.69, 9.17) is 4.98 Å². The van der Waals surface area contributed by atoms with E-state index in [2.05, 4.69) is 27.9 Å². The molecular weight excluding hydrogens is 406 g/mol. The van der Waals surface area contributed by atoms with Crippen LogP contribution in [0.2, 0.25) is 0 Å². The third-order valence-corrected chi connectivity index (χ3v) is 7.09. The molecule has 0 spiro atoms. The summed E-state index contributed by atoms with van der Waals surface area (Å²) in [5.41, 5.74) is 2.91. The number of nitrogens with zero attached hydrogens (tertiary/aromatic N) is 2. The maximum Gasteiger partial charge on any atom is 0.240 e. The van der Waals surface area contributed by atoms with Crippen molar-refractivity contribution in [3.63, 3.8) is 0 Å². The lowest BCUT2D eigenvalue weighted by molar-refractivity contribution is -0.128. The number of thiophene rings is 2. The van der Waals surface area contributed by atoms with Gasteiger partial charge < -0.3 is 9.88 Å². The van der Waals surface area contributed by atoms with Gasteiger partial charge in [-0.1, -0.05) is 54.2 Å². The number of hydrogen-bond donors (Lipinski definition) is 1. The molecule has 7 heteroatoms. The van der Waals surface area contributed by atoms with Crippen LogP contribution in [0, 0.1) is 0 Å². The van der Waals surface area contributed by atoms with Crippen molar-refractivity contribution in [2.24, 2.45) is 0 Å². The molecule has 0 saturated carbocycles. The summed E-state index contributed by atoms with van der Waals surface area (Å²) in [7, 11) is 3.57. The van der Waals surface area contributed by atoms with Crippen molar-refractivity contribution < 1.29 is 4.79 Å². The lowest BCUT2D eigenvalue weighted by Crippen LogP contribution is -2.26. The second kappa shape index (κ2) is 8.34. The summed E-state index contributed by atoms with van der Waals surface area (Å²) in [6.45, 7) is 0. The second-order valence-electron chi connectivity index (χ2n) is 6.36. The van der Waals surface area contributed by atoms with E-state index in [1.54, 1.807) is 41.7 Å². The van der Waals surface area contributed by atoms with Gasteiger partial charge in [-0.05, 0) is 28.5 Å². The molecule has 3 heterocycles. The molecule has 4 rings (SSSR count). The van der Waals surface area contributed by atoms with Crippen molar-refractivity contribution >= 4 is 40.3 Å². The fourth-order valence-electron chi connectivity index (χ4n) is 2.83. The minimum absolute atomic E-state index is 0.0444. The van der Waals surface area contributed by atoms with Gasteiger partial charge in [-0.25, -0.2) is 4.98 Å². The van der Waals surface area contributed by atoms with Gasteiger partial charge >= 0.3 is 0 Å². The van der Waals surface area contributed by atoms with E-state index >= 15 is 0 Å². The SMILES string of the molecule is CN(C)C(=O)[C@H](Sc1nc(-c2cccs2)c(-c2cccs2)[nH]1)c1ccccc1. The number of rotatable bonds is 6. The number of benzene rings is 1. The average Bonchev–Trinajstić information content (AvgIpc) is 3.47. The quantitative estimate of drug-likeness (QED) is 0.398. The number of imidazole rings is 1. The van der Waals surface area contributed by atoms with Gasteiger partial charge in [-0.3, -0.25) is 4.79 Å². The smallest absolute Gasteiger partial charge is 0.240 e. The van der Waals surface area contributed by atoms with Crippen molar-refractivity contribution in [1.29, 1.82) is 0 Å². The van der Waals surface area contributed by atoms with Crippen LogP contribution in [-0.4, -0.2) is 34.9 Å². The lowest BCUT2D eigenvalue weighted by Gasteiger charge is -2.19. The Morgan fingerprint density at radius 1 is 1.00 bits per heavy atom. The first kappa shape index (κ1) is 19.0. The van der Waals surface area contributed by atoms with Crippen LogP contribution in [0.1, 0.15) is 10.8 Å². The molecule has 1 amide bonds. The Hall–Kier alpha value is -2.35. The van der Waals surface area contributed by atoms with Crippen molar-refractivity contribution in [1.82, 2.24) is 14.9 Å². The molecule has 0 aliphatic heterocycles. The molecule has 142 valence electrons.